The minimum atomic E-state index is -0.202. The fraction of sp³-hybridized carbons (Fsp3) is 0.556. The number of fused-ring (bicyclic) bond motifs is 1. The van der Waals surface area contributed by atoms with Crippen molar-refractivity contribution >= 4 is 51.7 Å². The predicted octanol–water partition coefficient (Wildman–Crippen LogP) is 2.94. The van der Waals surface area contributed by atoms with Crippen LogP contribution in [0.3, 0.4) is 0 Å². The van der Waals surface area contributed by atoms with Gasteiger partial charge in [0.1, 0.15) is 5.75 Å². The Morgan fingerprint density at radius 1 is 1.35 bits per heavy atom. The van der Waals surface area contributed by atoms with E-state index in [9.17, 15) is 9.59 Å². The van der Waals surface area contributed by atoms with E-state index in [0.717, 1.165) is 13.0 Å². The van der Waals surface area contributed by atoms with Gasteiger partial charge in [0.15, 0.2) is 0 Å². The normalized spacial score (nSPS) is 22.1. The summed E-state index contributed by atoms with van der Waals surface area (Å²) in [4.78, 5) is 26.8. The van der Waals surface area contributed by atoms with Gasteiger partial charge in [0, 0.05) is 18.7 Å². The molecule has 2 amide bonds. The van der Waals surface area contributed by atoms with Crippen molar-refractivity contribution in [2.45, 2.75) is 25.3 Å². The van der Waals surface area contributed by atoms with Crippen LogP contribution in [-0.2, 0) is 4.79 Å². The third kappa shape index (κ3) is 4.26. The van der Waals surface area contributed by atoms with Gasteiger partial charge in [-0.2, -0.15) is 0 Å². The molecule has 2 aliphatic heterocycles. The average Bonchev–Trinajstić information content (AvgIpc) is 3.25. The smallest absolute Gasteiger partial charge is 0.255 e. The van der Waals surface area contributed by atoms with Crippen LogP contribution in [0, 0.1) is 5.92 Å². The van der Waals surface area contributed by atoms with Crippen LogP contribution in [0.1, 0.15) is 29.6 Å². The van der Waals surface area contributed by atoms with E-state index in [-0.39, 0.29) is 11.8 Å². The number of anilines is 1. The topological polar surface area (TPSA) is 70.7 Å². The first-order valence-electron chi connectivity index (χ1n) is 8.79. The first-order chi connectivity index (χ1) is 12.5. The van der Waals surface area contributed by atoms with Gasteiger partial charge in [-0.25, -0.2) is 0 Å². The second-order valence-corrected chi connectivity index (χ2v) is 7.89. The third-order valence-corrected chi connectivity index (χ3v) is 6.21. The molecule has 1 aromatic rings. The number of ether oxygens (including phenoxy) is 1. The highest BCUT2D eigenvalue weighted by atomic mass is 127. The van der Waals surface area contributed by atoms with Gasteiger partial charge < -0.3 is 20.3 Å². The molecule has 0 unspecified atom stereocenters. The van der Waals surface area contributed by atoms with Crippen LogP contribution in [0.5, 0.6) is 5.75 Å². The van der Waals surface area contributed by atoms with Gasteiger partial charge in [-0.05, 0) is 44.3 Å². The van der Waals surface area contributed by atoms with E-state index in [1.165, 1.54) is 26.5 Å². The molecule has 2 N–H and O–H groups in total. The van der Waals surface area contributed by atoms with Crippen LogP contribution < -0.4 is 15.4 Å². The minimum Gasteiger partial charge on any atom is -0.496 e. The maximum Gasteiger partial charge on any atom is 0.255 e. The summed E-state index contributed by atoms with van der Waals surface area (Å²) in [6.07, 6.45) is 3.61. The standard InChI is InChI=1S/C18H23ClIN3O3/c1-26-16-8-14(22-17(24)9-20)13(19)7-12(16)18(25)21-10-11-4-6-23-5-2-3-15(11)23/h7-8,11,15H,2-6,9-10H2,1H3,(H,21,25)(H,22,24)/t11-,15+/m1/s1. The Kier molecular flexibility index (Phi) is 6.63. The summed E-state index contributed by atoms with van der Waals surface area (Å²) in [5.41, 5.74) is 0.824. The molecule has 0 aliphatic carbocycles. The Bertz CT molecular complexity index is 701. The molecule has 8 heteroatoms. The monoisotopic (exact) mass is 491 g/mol. The molecule has 3 rings (SSSR count). The molecule has 2 aliphatic rings. The lowest BCUT2D eigenvalue weighted by Gasteiger charge is -2.21. The molecule has 26 heavy (non-hydrogen) atoms. The maximum absolute atomic E-state index is 12.7. The number of benzene rings is 1. The Morgan fingerprint density at radius 2 is 2.15 bits per heavy atom. The SMILES string of the molecule is COc1cc(NC(=O)CI)c(Cl)cc1C(=O)NC[C@H]1CCN2CCC[C@@H]12. The summed E-state index contributed by atoms with van der Waals surface area (Å²) < 4.78 is 5.66. The Labute approximate surface area is 172 Å². The van der Waals surface area contributed by atoms with Crippen molar-refractivity contribution in [2.24, 2.45) is 5.92 Å². The van der Waals surface area contributed by atoms with E-state index in [2.05, 4.69) is 15.5 Å². The number of halogens is 2. The van der Waals surface area contributed by atoms with Gasteiger partial charge in [0.2, 0.25) is 5.91 Å². The summed E-state index contributed by atoms with van der Waals surface area (Å²) in [7, 11) is 1.50. The maximum atomic E-state index is 12.7. The van der Waals surface area contributed by atoms with E-state index in [4.69, 9.17) is 16.3 Å². The van der Waals surface area contributed by atoms with E-state index in [1.54, 1.807) is 12.1 Å². The fourth-order valence-corrected chi connectivity index (χ4v) is 4.33. The zero-order valence-corrected chi connectivity index (χ0v) is 17.6. The van der Waals surface area contributed by atoms with Gasteiger partial charge in [0.25, 0.3) is 5.91 Å². The van der Waals surface area contributed by atoms with Crippen LogP contribution in [0.2, 0.25) is 5.02 Å². The molecule has 2 saturated heterocycles. The molecule has 0 radical (unpaired) electrons. The van der Waals surface area contributed by atoms with Gasteiger partial charge >= 0.3 is 0 Å². The van der Waals surface area contributed by atoms with Gasteiger partial charge in [-0.1, -0.05) is 34.2 Å². The average molecular weight is 492 g/mol. The number of alkyl halides is 1. The summed E-state index contributed by atoms with van der Waals surface area (Å²) in [6.45, 7) is 2.97. The van der Waals surface area contributed by atoms with E-state index in [0.29, 0.717) is 45.0 Å². The number of nitrogens with zero attached hydrogens (tertiary/aromatic N) is 1. The van der Waals surface area contributed by atoms with Crippen molar-refractivity contribution in [1.82, 2.24) is 10.2 Å². The number of rotatable bonds is 6. The van der Waals surface area contributed by atoms with Crippen LogP contribution in [-0.4, -0.2) is 53.9 Å². The Morgan fingerprint density at radius 3 is 2.88 bits per heavy atom. The highest BCUT2D eigenvalue weighted by molar-refractivity contribution is 14.1. The zero-order chi connectivity index (χ0) is 18.7. The van der Waals surface area contributed by atoms with Crippen molar-refractivity contribution in [2.75, 3.05) is 36.5 Å². The number of hydrogen-bond acceptors (Lipinski definition) is 4. The molecule has 0 aromatic heterocycles. The highest BCUT2D eigenvalue weighted by Gasteiger charge is 2.37. The lowest BCUT2D eigenvalue weighted by atomic mass is 9.98. The van der Waals surface area contributed by atoms with Crippen molar-refractivity contribution in [1.29, 1.82) is 0 Å². The molecule has 0 saturated carbocycles. The number of hydrogen-bond donors (Lipinski definition) is 2. The number of nitrogens with one attached hydrogen (secondary N) is 2. The second kappa shape index (κ2) is 8.75. The van der Waals surface area contributed by atoms with Gasteiger partial charge in [0.05, 0.1) is 27.8 Å². The van der Waals surface area contributed by atoms with E-state index < -0.39 is 0 Å². The lowest BCUT2D eigenvalue weighted by molar-refractivity contribution is -0.113. The first kappa shape index (κ1) is 19.7. The molecule has 2 atom stereocenters. The number of amides is 2. The third-order valence-electron chi connectivity index (χ3n) is 5.20. The molecule has 2 fully saturated rings. The molecule has 1 aromatic carbocycles. The molecular weight excluding hydrogens is 469 g/mol. The summed E-state index contributed by atoms with van der Waals surface area (Å²) in [5, 5.41) is 6.06. The van der Waals surface area contributed by atoms with Gasteiger partial charge in [-0.3, -0.25) is 9.59 Å². The Hall–Kier alpha value is -1.06. The molecule has 6 nitrogen and oxygen atoms in total. The fourth-order valence-electron chi connectivity index (χ4n) is 3.92. The van der Waals surface area contributed by atoms with Crippen LogP contribution >= 0.6 is 34.2 Å². The van der Waals surface area contributed by atoms with Crippen molar-refractivity contribution in [3.8, 4) is 5.75 Å². The van der Waals surface area contributed by atoms with Crippen LogP contribution in [0.4, 0.5) is 5.69 Å². The van der Waals surface area contributed by atoms with Crippen LogP contribution in [0.25, 0.3) is 0 Å². The summed E-state index contributed by atoms with van der Waals surface area (Å²) >= 11 is 8.22. The lowest BCUT2D eigenvalue weighted by Crippen LogP contribution is -2.35. The largest absolute Gasteiger partial charge is 0.496 e. The van der Waals surface area contributed by atoms with Crippen molar-refractivity contribution < 1.29 is 14.3 Å². The van der Waals surface area contributed by atoms with Crippen LogP contribution in [0.15, 0.2) is 12.1 Å². The molecule has 2 heterocycles. The zero-order valence-electron chi connectivity index (χ0n) is 14.7. The second-order valence-electron chi connectivity index (χ2n) is 6.72. The predicted molar refractivity (Wildman–Crippen MR) is 111 cm³/mol. The Balaban J connectivity index is 1.68. The van der Waals surface area contributed by atoms with Crippen molar-refractivity contribution in [3.63, 3.8) is 0 Å². The highest BCUT2D eigenvalue weighted by Crippen LogP contribution is 2.33. The summed E-state index contributed by atoms with van der Waals surface area (Å²) in [5.74, 6) is 0.538. The molecular formula is C18H23ClIN3O3. The number of carbonyl (C=O) groups excluding carboxylic acids is 2. The molecule has 142 valence electrons. The van der Waals surface area contributed by atoms with E-state index in [1.807, 2.05) is 22.6 Å². The summed E-state index contributed by atoms with van der Waals surface area (Å²) in [6, 6.07) is 3.75. The molecule has 0 bridgehead atoms. The van der Waals surface area contributed by atoms with Crippen molar-refractivity contribution in [3.05, 3.63) is 22.7 Å². The quantitative estimate of drug-likeness (QED) is 0.474. The number of carbonyl (C=O) groups is 2. The van der Waals surface area contributed by atoms with E-state index >= 15 is 0 Å². The molecule has 0 spiro atoms. The minimum absolute atomic E-state index is 0.158. The number of methoxy groups -OCH3 is 1. The first-order valence-corrected chi connectivity index (χ1v) is 10.7. The van der Waals surface area contributed by atoms with Gasteiger partial charge in [-0.15, -0.1) is 0 Å².